The predicted molar refractivity (Wildman–Crippen MR) is 81.0 cm³/mol. The highest BCUT2D eigenvalue weighted by Crippen LogP contribution is 2.13. The van der Waals surface area contributed by atoms with Gasteiger partial charge in [0, 0.05) is 34.9 Å². The van der Waals surface area contributed by atoms with Crippen molar-refractivity contribution in [1.82, 2.24) is 4.72 Å². The second kappa shape index (κ2) is 6.80. The highest BCUT2D eigenvalue weighted by molar-refractivity contribution is 7.88. The fraction of sp³-hybridized carbons (Fsp3) is 0.538. The average Bonchev–Trinajstić information content (AvgIpc) is 2.41. The molecule has 1 aromatic carbocycles. The molecule has 5 nitrogen and oxygen atoms in total. The standard InChI is InChI=1S/C13H20N2O3S2/c14-9-11-2-1-3-12(8-11)10-20(17,18)15-13-4-6-19(16)7-5-13/h1-3,8,13,15H,4-7,9-10,14H2. The van der Waals surface area contributed by atoms with E-state index in [1.54, 1.807) is 6.07 Å². The van der Waals surface area contributed by atoms with Gasteiger partial charge in [0.25, 0.3) is 0 Å². The molecule has 0 atom stereocenters. The Morgan fingerprint density at radius 2 is 1.90 bits per heavy atom. The molecule has 112 valence electrons. The average molecular weight is 316 g/mol. The maximum atomic E-state index is 12.1. The van der Waals surface area contributed by atoms with E-state index in [4.69, 9.17) is 5.73 Å². The van der Waals surface area contributed by atoms with Gasteiger partial charge in [0.2, 0.25) is 10.0 Å². The third-order valence-corrected chi connectivity index (χ3v) is 6.11. The zero-order chi connectivity index (χ0) is 14.6. The maximum absolute atomic E-state index is 12.1. The third-order valence-electron chi connectivity index (χ3n) is 3.32. The normalized spacial score (nSPS) is 23.6. The van der Waals surface area contributed by atoms with Crippen molar-refractivity contribution in [2.24, 2.45) is 5.73 Å². The van der Waals surface area contributed by atoms with E-state index in [-0.39, 0.29) is 11.8 Å². The molecule has 1 aliphatic rings. The maximum Gasteiger partial charge on any atom is 0.216 e. The number of rotatable bonds is 5. The molecule has 20 heavy (non-hydrogen) atoms. The smallest absolute Gasteiger partial charge is 0.216 e. The Morgan fingerprint density at radius 3 is 2.55 bits per heavy atom. The second-order valence-corrected chi connectivity index (χ2v) is 8.47. The van der Waals surface area contributed by atoms with E-state index >= 15 is 0 Å². The molecule has 0 unspecified atom stereocenters. The molecule has 7 heteroatoms. The molecule has 0 radical (unpaired) electrons. The lowest BCUT2D eigenvalue weighted by Crippen LogP contribution is -2.40. The number of nitrogens with two attached hydrogens (primary N) is 1. The first-order valence-electron chi connectivity index (χ1n) is 6.61. The van der Waals surface area contributed by atoms with Crippen LogP contribution in [0, 0.1) is 0 Å². The molecule has 0 saturated carbocycles. The minimum atomic E-state index is -3.37. The summed E-state index contributed by atoms with van der Waals surface area (Å²) in [6.45, 7) is 0.399. The van der Waals surface area contributed by atoms with Crippen molar-refractivity contribution >= 4 is 20.8 Å². The van der Waals surface area contributed by atoms with Crippen LogP contribution in [0.15, 0.2) is 24.3 Å². The molecule has 1 saturated heterocycles. The molecule has 1 aliphatic heterocycles. The summed E-state index contributed by atoms with van der Waals surface area (Å²) in [5.74, 6) is 1.12. The number of sulfonamides is 1. The second-order valence-electron chi connectivity index (χ2n) is 5.02. The number of nitrogens with one attached hydrogen (secondary N) is 1. The lowest BCUT2D eigenvalue weighted by Gasteiger charge is -2.22. The Bertz CT molecular complexity index is 577. The third kappa shape index (κ3) is 4.66. The first-order chi connectivity index (χ1) is 9.48. The van der Waals surface area contributed by atoms with Crippen LogP contribution in [-0.2, 0) is 33.1 Å². The van der Waals surface area contributed by atoms with Gasteiger partial charge >= 0.3 is 0 Å². The largest absolute Gasteiger partial charge is 0.326 e. The van der Waals surface area contributed by atoms with E-state index in [1.165, 1.54) is 0 Å². The molecule has 0 spiro atoms. The van der Waals surface area contributed by atoms with E-state index in [0.29, 0.717) is 30.9 Å². The first-order valence-corrected chi connectivity index (χ1v) is 9.75. The van der Waals surface area contributed by atoms with Crippen LogP contribution in [-0.4, -0.2) is 30.2 Å². The minimum Gasteiger partial charge on any atom is -0.326 e. The van der Waals surface area contributed by atoms with Crippen molar-refractivity contribution in [3.05, 3.63) is 35.4 Å². The molecule has 0 bridgehead atoms. The first kappa shape index (κ1) is 15.6. The van der Waals surface area contributed by atoms with Crippen LogP contribution in [0.4, 0.5) is 0 Å². The highest BCUT2D eigenvalue weighted by Gasteiger charge is 2.22. The van der Waals surface area contributed by atoms with Gasteiger partial charge in [-0.25, -0.2) is 13.1 Å². The SMILES string of the molecule is NCc1cccc(CS(=O)(=O)NC2CCS(=O)CC2)c1. The summed E-state index contributed by atoms with van der Waals surface area (Å²) >= 11 is 0. The number of benzene rings is 1. The van der Waals surface area contributed by atoms with E-state index in [0.717, 1.165) is 11.1 Å². The Hall–Kier alpha value is -0.760. The molecule has 1 aromatic rings. The van der Waals surface area contributed by atoms with Crippen LogP contribution in [0.1, 0.15) is 24.0 Å². The van der Waals surface area contributed by atoms with Gasteiger partial charge in [0.15, 0.2) is 0 Å². The van der Waals surface area contributed by atoms with Gasteiger partial charge in [0.1, 0.15) is 0 Å². The molecular formula is C13H20N2O3S2. The Morgan fingerprint density at radius 1 is 1.25 bits per heavy atom. The Kier molecular flexibility index (Phi) is 5.31. The summed E-state index contributed by atoms with van der Waals surface area (Å²) in [6.07, 6.45) is 1.30. The summed E-state index contributed by atoms with van der Waals surface area (Å²) in [5, 5.41) is 0. The molecule has 1 heterocycles. The lowest BCUT2D eigenvalue weighted by molar-refractivity contribution is 0.521. The molecule has 2 rings (SSSR count). The topological polar surface area (TPSA) is 89.3 Å². The fourth-order valence-corrected chi connectivity index (χ4v) is 5.02. The van der Waals surface area contributed by atoms with Crippen LogP contribution >= 0.6 is 0 Å². The van der Waals surface area contributed by atoms with E-state index in [9.17, 15) is 12.6 Å². The van der Waals surface area contributed by atoms with Gasteiger partial charge in [-0.3, -0.25) is 4.21 Å². The summed E-state index contributed by atoms with van der Waals surface area (Å²) in [6, 6.07) is 7.20. The summed E-state index contributed by atoms with van der Waals surface area (Å²) in [4.78, 5) is 0. The van der Waals surface area contributed by atoms with Crippen LogP contribution < -0.4 is 10.5 Å². The van der Waals surface area contributed by atoms with E-state index < -0.39 is 20.8 Å². The van der Waals surface area contributed by atoms with Gasteiger partial charge in [-0.15, -0.1) is 0 Å². The zero-order valence-electron chi connectivity index (χ0n) is 11.2. The predicted octanol–water partition coefficient (Wildman–Crippen LogP) is 0.476. The van der Waals surface area contributed by atoms with Crippen molar-refractivity contribution in [1.29, 1.82) is 0 Å². The van der Waals surface area contributed by atoms with Gasteiger partial charge in [-0.2, -0.15) is 0 Å². The van der Waals surface area contributed by atoms with Crippen molar-refractivity contribution in [3.8, 4) is 0 Å². The fourth-order valence-electron chi connectivity index (χ4n) is 2.27. The molecule has 1 fully saturated rings. The van der Waals surface area contributed by atoms with Gasteiger partial charge < -0.3 is 5.73 Å². The monoisotopic (exact) mass is 316 g/mol. The molecule has 0 amide bonds. The lowest BCUT2D eigenvalue weighted by atomic mass is 10.1. The zero-order valence-corrected chi connectivity index (χ0v) is 12.9. The summed E-state index contributed by atoms with van der Waals surface area (Å²) in [5.41, 5.74) is 7.21. The molecule has 3 N–H and O–H groups in total. The van der Waals surface area contributed by atoms with Crippen LogP contribution in [0.5, 0.6) is 0 Å². The van der Waals surface area contributed by atoms with Gasteiger partial charge in [0.05, 0.1) is 5.75 Å². The van der Waals surface area contributed by atoms with Crippen LogP contribution in [0.2, 0.25) is 0 Å². The van der Waals surface area contributed by atoms with E-state index in [2.05, 4.69) is 4.72 Å². The Labute approximate surface area is 122 Å². The summed E-state index contributed by atoms with van der Waals surface area (Å²) < 4.78 is 38.2. The molecule has 0 aliphatic carbocycles. The molecular weight excluding hydrogens is 296 g/mol. The van der Waals surface area contributed by atoms with Crippen molar-refractivity contribution < 1.29 is 12.6 Å². The van der Waals surface area contributed by atoms with Crippen molar-refractivity contribution in [2.75, 3.05) is 11.5 Å². The van der Waals surface area contributed by atoms with Gasteiger partial charge in [-0.1, -0.05) is 24.3 Å². The minimum absolute atomic E-state index is 0.0412. The number of hydrogen-bond donors (Lipinski definition) is 2. The number of hydrogen-bond acceptors (Lipinski definition) is 4. The highest BCUT2D eigenvalue weighted by atomic mass is 32.2. The molecule has 0 aromatic heterocycles. The van der Waals surface area contributed by atoms with Crippen LogP contribution in [0.25, 0.3) is 0 Å². The van der Waals surface area contributed by atoms with Crippen molar-refractivity contribution in [2.45, 2.75) is 31.2 Å². The van der Waals surface area contributed by atoms with E-state index in [1.807, 2.05) is 18.2 Å². The van der Waals surface area contributed by atoms with Crippen molar-refractivity contribution in [3.63, 3.8) is 0 Å². The Balaban J connectivity index is 1.98. The van der Waals surface area contributed by atoms with Crippen LogP contribution in [0.3, 0.4) is 0 Å². The summed E-state index contributed by atoms with van der Waals surface area (Å²) in [7, 11) is -4.15. The quantitative estimate of drug-likeness (QED) is 0.826. The van der Waals surface area contributed by atoms with Gasteiger partial charge in [-0.05, 0) is 24.0 Å².